The van der Waals surface area contributed by atoms with Crippen molar-refractivity contribution in [2.75, 3.05) is 0 Å². The molecule has 0 amide bonds. The van der Waals surface area contributed by atoms with Gasteiger partial charge in [-0.25, -0.2) is 4.98 Å². The van der Waals surface area contributed by atoms with Crippen LogP contribution in [0.15, 0.2) is 28.2 Å². The second-order valence-corrected chi connectivity index (χ2v) is 5.35. The van der Waals surface area contributed by atoms with E-state index in [2.05, 4.69) is 10.3 Å². The zero-order valence-corrected chi connectivity index (χ0v) is 11.0. The summed E-state index contributed by atoms with van der Waals surface area (Å²) in [5.41, 5.74) is -0.296. The lowest BCUT2D eigenvalue weighted by Gasteiger charge is -2.19. The van der Waals surface area contributed by atoms with Crippen LogP contribution < -0.4 is 5.32 Å². The average molecular weight is 266 g/mol. The van der Waals surface area contributed by atoms with Crippen molar-refractivity contribution in [1.82, 2.24) is 10.3 Å². The Morgan fingerprint density at radius 3 is 3.00 bits per heavy atom. The highest BCUT2D eigenvalue weighted by Gasteiger charge is 2.26. The first kappa shape index (κ1) is 12.8. The maximum atomic E-state index is 10.9. The van der Waals surface area contributed by atoms with Gasteiger partial charge in [0.25, 0.3) is 0 Å². The van der Waals surface area contributed by atoms with Gasteiger partial charge in [-0.05, 0) is 25.3 Å². The fourth-order valence-electron chi connectivity index (χ4n) is 1.29. The van der Waals surface area contributed by atoms with Gasteiger partial charge >= 0.3 is 5.97 Å². The molecule has 0 aliphatic carbocycles. The summed E-state index contributed by atoms with van der Waals surface area (Å²) < 4.78 is 5.35. The van der Waals surface area contributed by atoms with Gasteiger partial charge in [0.15, 0.2) is 0 Å². The van der Waals surface area contributed by atoms with Crippen molar-refractivity contribution in [3.8, 4) is 10.8 Å². The van der Waals surface area contributed by atoms with E-state index in [1.165, 1.54) is 0 Å². The number of aliphatic carboxylic acids is 1. The van der Waals surface area contributed by atoms with Crippen LogP contribution in [-0.4, -0.2) is 21.6 Å². The van der Waals surface area contributed by atoms with Crippen LogP contribution in [0.1, 0.15) is 19.5 Å². The highest BCUT2D eigenvalue weighted by Crippen LogP contribution is 2.23. The highest BCUT2D eigenvalue weighted by molar-refractivity contribution is 7.13. The molecule has 0 atom stereocenters. The van der Waals surface area contributed by atoms with E-state index in [0.717, 1.165) is 4.88 Å². The Labute approximate surface area is 108 Å². The summed E-state index contributed by atoms with van der Waals surface area (Å²) in [6.45, 7) is 3.57. The SMILES string of the molecule is CC(C)(NCc1coc(-c2cccs2)n1)C(=O)O. The molecule has 2 aromatic rings. The second-order valence-electron chi connectivity index (χ2n) is 4.41. The minimum atomic E-state index is -0.984. The topological polar surface area (TPSA) is 75.4 Å². The minimum absolute atomic E-state index is 0.355. The van der Waals surface area contributed by atoms with Crippen molar-refractivity contribution in [3.05, 3.63) is 29.5 Å². The number of thiophene rings is 1. The zero-order chi connectivity index (χ0) is 13.2. The van der Waals surface area contributed by atoms with Gasteiger partial charge in [0.05, 0.1) is 10.6 Å². The maximum absolute atomic E-state index is 10.9. The van der Waals surface area contributed by atoms with Crippen molar-refractivity contribution >= 4 is 17.3 Å². The molecule has 96 valence electrons. The van der Waals surface area contributed by atoms with E-state index < -0.39 is 11.5 Å². The second kappa shape index (κ2) is 4.91. The molecule has 2 aromatic heterocycles. The van der Waals surface area contributed by atoms with Gasteiger partial charge in [-0.15, -0.1) is 11.3 Å². The summed E-state index contributed by atoms with van der Waals surface area (Å²) in [5, 5.41) is 13.8. The normalized spacial score (nSPS) is 11.7. The first-order valence-corrected chi connectivity index (χ1v) is 6.34. The predicted molar refractivity (Wildman–Crippen MR) is 68.4 cm³/mol. The van der Waals surface area contributed by atoms with Crippen LogP contribution in [-0.2, 0) is 11.3 Å². The van der Waals surface area contributed by atoms with Crippen molar-refractivity contribution in [1.29, 1.82) is 0 Å². The van der Waals surface area contributed by atoms with Gasteiger partial charge in [0.1, 0.15) is 11.8 Å². The van der Waals surface area contributed by atoms with Crippen LogP contribution in [0.2, 0.25) is 0 Å². The molecule has 0 radical (unpaired) electrons. The van der Waals surface area contributed by atoms with E-state index in [4.69, 9.17) is 9.52 Å². The van der Waals surface area contributed by atoms with Gasteiger partial charge in [-0.3, -0.25) is 10.1 Å². The summed E-state index contributed by atoms with van der Waals surface area (Å²) in [7, 11) is 0. The molecule has 0 aliphatic heterocycles. The molecule has 18 heavy (non-hydrogen) atoms. The summed E-state index contributed by atoms with van der Waals surface area (Å²) in [6.07, 6.45) is 1.54. The maximum Gasteiger partial charge on any atom is 0.323 e. The number of carboxylic acid groups (broad SMARTS) is 1. The third-order valence-electron chi connectivity index (χ3n) is 2.53. The first-order chi connectivity index (χ1) is 8.49. The molecule has 0 aliphatic rings. The van der Waals surface area contributed by atoms with E-state index in [1.54, 1.807) is 31.4 Å². The summed E-state index contributed by atoms with van der Waals surface area (Å²) in [5.74, 6) is -0.334. The van der Waals surface area contributed by atoms with E-state index in [-0.39, 0.29) is 0 Å². The Morgan fingerprint density at radius 1 is 1.61 bits per heavy atom. The van der Waals surface area contributed by atoms with Crippen LogP contribution in [0.5, 0.6) is 0 Å². The standard InChI is InChI=1S/C12H14N2O3S/c1-12(2,11(15)16)13-6-8-7-17-10(14-8)9-4-3-5-18-9/h3-5,7,13H,6H2,1-2H3,(H,15,16). The van der Waals surface area contributed by atoms with Crippen LogP contribution >= 0.6 is 11.3 Å². The molecule has 0 aromatic carbocycles. The molecule has 0 saturated carbocycles. The zero-order valence-electron chi connectivity index (χ0n) is 10.1. The number of carbonyl (C=O) groups is 1. The quantitative estimate of drug-likeness (QED) is 0.868. The van der Waals surface area contributed by atoms with Crippen LogP contribution in [0.3, 0.4) is 0 Å². The Kier molecular flexibility index (Phi) is 3.49. The number of nitrogens with one attached hydrogen (secondary N) is 1. The van der Waals surface area contributed by atoms with Crippen molar-refractivity contribution < 1.29 is 14.3 Å². The van der Waals surface area contributed by atoms with Crippen molar-refractivity contribution in [3.63, 3.8) is 0 Å². The number of oxazole rings is 1. The molecule has 5 nitrogen and oxygen atoms in total. The molecule has 2 heterocycles. The Morgan fingerprint density at radius 2 is 2.39 bits per heavy atom. The van der Waals surface area contributed by atoms with Crippen LogP contribution in [0, 0.1) is 0 Å². The summed E-state index contributed by atoms with van der Waals surface area (Å²) in [4.78, 5) is 16.2. The molecule has 2 rings (SSSR count). The number of nitrogens with zero attached hydrogens (tertiary/aromatic N) is 1. The van der Waals surface area contributed by atoms with E-state index in [1.807, 2.05) is 17.5 Å². The van der Waals surface area contributed by atoms with Gasteiger partial charge in [0.2, 0.25) is 5.89 Å². The molecule has 0 spiro atoms. The smallest absolute Gasteiger partial charge is 0.323 e. The molecular weight excluding hydrogens is 252 g/mol. The Bertz CT molecular complexity index is 531. The largest absolute Gasteiger partial charge is 0.480 e. The Hall–Kier alpha value is -1.66. The third-order valence-corrected chi connectivity index (χ3v) is 3.39. The van der Waals surface area contributed by atoms with Gasteiger partial charge in [0, 0.05) is 6.54 Å². The lowest BCUT2D eigenvalue weighted by Crippen LogP contribution is -2.46. The number of hydrogen-bond donors (Lipinski definition) is 2. The van der Waals surface area contributed by atoms with Crippen molar-refractivity contribution in [2.45, 2.75) is 25.9 Å². The number of rotatable bonds is 5. The number of carboxylic acids is 1. The fourth-order valence-corrected chi connectivity index (χ4v) is 1.94. The molecular formula is C12H14N2O3S. The monoisotopic (exact) mass is 266 g/mol. The number of aromatic nitrogens is 1. The van der Waals surface area contributed by atoms with Crippen molar-refractivity contribution in [2.24, 2.45) is 0 Å². The van der Waals surface area contributed by atoms with E-state index in [0.29, 0.717) is 18.1 Å². The molecule has 0 bridgehead atoms. The lowest BCUT2D eigenvalue weighted by molar-refractivity contribution is -0.143. The third kappa shape index (κ3) is 2.77. The lowest BCUT2D eigenvalue weighted by atomic mass is 10.1. The molecule has 2 N–H and O–H groups in total. The van der Waals surface area contributed by atoms with Gasteiger partial charge in [-0.2, -0.15) is 0 Å². The van der Waals surface area contributed by atoms with Gasteiger partial charge < -0.3 is 9.52 Å². The highest BCUT2D eigenvalue weighted by atomic mass is 32.1. The van der Waals surface area contributed by atoms with E-state index in [9.17, 15) is 4.79 Å². The predicted octanol–water partition coefficient (Wildman–Crippen LogP) is 2.36. The summed E-state index contributed by atoms with van der Waals surface area (Å²) in [6, 6.07) is 3.85. The van der Waals surface area contributed by atoms with E-state index >= 15 is 0 Å². The van der Waals surface area contributed by atoms with Crippen LogP contribution in [0.4, 0.5) is 0 Å². The first-order valence-electron chi connectivity index (χ1n) is 5.46. The van der Waals surface area contributed by atoms with Gasteiger partial charge in [-0.1, -0.05) is 6.07 Å². The molecule has 6 heteroatoms. The fraction of sp³-hybridized carbons (Fsp3) is 0.333. The average Bonchev–Trinajstić information content (AvgIpc) is 2.97. The Balaban J connectivity index is 2.02. The molecule has 0 fully saturated rings. The molecule has 0 unspecified atom stereocenters. The molecule has 0 saturated heterocycles. The number of hydrogen-bond acceptors (Lipinski definition) is 5. The minimum Gasteiger partial charge on any atom is -0.480 e. The van der Waals surface area contributed by atoms with Crippen LogP contribution in [0.25, 0.3) is 10.8 Å². The summed E-state index contributed by atoms with van der Waals surface area (Å²) >= 11 is 1.55.